The van der Waals surface area contributed by atoms with Gasteiger partial charge in [0, 0.05) is 11.6 Å². The third-order valence-electron chi connectivity index (χ3n) is 6.57. The number of aliphatic hydroxyl groups excluding tert-OH is 1. The Hall–Kier alpha value is -1.91. The predicted molar refractivity (Wildman–Crippen MR) is 95.3 cm³/mol. The van der Waals surface area contributed by atoms with Gasteiger partial charge in [-0.15, -0.1) is 0 Å². The highest BCUT2D eigenvalue weighted by atomic mass is 16.3. The van der Waals surface area contributed by atoms with E-state index < -0.39 is 11.7 Å². The molecule has 25 heavy (non-hydrogen) atoms. The summed E-state index contributed by atoms with van der Waals surface area (Å²) in [6, 6.07) is 11.1. The Labute approximate surface area is 148 Å². The molecule has 3 N–H and O–H groups in total. The monoisotopic (exact) mass is 339 g/mol. The number of hydrogen-bond acceptors (Lipinski definition) is 4. The molecule has 1 heterocycles. The summed E-state index contributed by atoms with van der Waals surface area (Å²) in [6.07, 6.45) is 4.58. The molecule has 4 rings (SSSR count). The molecule has 0 aliphatic heterocycles. The van der Waals surface area contributed by atoms with Crippen molar-refractivity contribution in [2.24, 2.45) is 5.92 Å². The Morgan fingerprint density at radius 2 is 2.04 bits per heavy atom. The second-order valence-electron chi connectivity index (χ2n) is 7.65. The number of fused-ring (bicyclic) bond motifs is 3. The molecule has 2 aromatic rings. The van der Waals surface area contributed by atoms with Crippen molar-refractivity contribution >= 4 is 0 Å². The van der Waals surface area contributed by atoms with Gasteiger partial charge in [-0.2, -0.15) is 0 Å². The van der Waals surface area contributed by atoms with Crippen molar-refractivity contribution in [3.8, 4) is 5.75 Å². The van der Waals surface area contributed by atoms with Crippen LogP contribution in [-0.4, -0.2) is 26.4 Å². The number of pyridine rings is 1. The fraction of sp³-hybridized carbons (Fsp3) is 0.476. The van der Waals surface area contributed by atoms with Gasteiger partial charge in [-0.1, -0.05) is 19.1 Å². The molecule has 0 bridgehead atoms. The number of benzene rings is 1. The van der Waals surface area contributed by atoms with Crippen LogP contribution in [0.5, 0.6) is 5.75 Å². The molecule has 4 heteroatoms. The lowest BCUT2D eigenvalue weighted by Crippen LogP contribution is -2.56. The average Bonchev–Trinajstić information content (AvgIpc) is 2.63. The Kier molecular flexibility index (Phi) is 3.85. The zero-order chi connectivity index (χ0) is 17.7. The summed E-state index contributed by atoms with van der Waals surface area (Å²) in [6.45, 7) is 2.16. The predicted octanol–water partition coefficient (Wildman–Crippen LogP) is 3.04. The minimum Gasteiger partial charge on any atom is -0.508 e. The minimum atomic E-state index is -1.29. The molecule has 0 radical (unpaired) electrons. The summed E-state index contributed by atoms with van der Waals surface area (Å²) in [7, 11) is 0. The number of aryl methyl sites for hydroxylation is 1. The van der Waals surface area contributed by atoms with Crippen LogP contribution in [0.4, 0.5) is 0 Å². The Morgan fingerprint density at radius 1 is 1.20 bits per heavy atom. The van der Waals surface area contributed by atoms with E-state index in [1.807, 2.05) is 24.3 Å². The Bertz CT molecular complexity index is 778. The van der Waals surface area contributed by atoms with Crippen LogP contribution in [-0.2, 0) is 17.4 Å². The molecule has 1 aromatic carbocycles. The zero-order valence-corrected chi connectivity index (χ0v) is 14.5. The van der Waals surface area contributed by atoms with E-state index in [2.05, 4.69) is 11.9 Å². The van der Waals surface area contributed by atoms with E-state index in [9.17, 15) is 15.3 Å². The fourth-order valence-electron chi connectivity index (χ4n) is 5.22. The first-order chi connectivity index (χ1) is 12.0. The third kappa shape index (κ3) is 2.39. The second-order valence-corrected chi connectivity index (χ2v) is 7.65. The van der Waals surface area contributed by atoms with Crippen LogP contribution in [0.15, 0.2) is 42.6 Å². The number of aromatic nitrogens is 1. The maximum atomic E-state index is 11.3. The SMILES string of the molecule is CC[C@@]12C[C@H](O)C(O)(c3ccccn3)C[C@H]1CCc1cc(O)ccc12. The van der Waals surface area contributed by atoms with Crippen molar-refractivity contribution in [3.63, 3.8) is 0 Å². The highest BCUT2D eigenvalue weighted by Crippen LogP contribution is 2.56. The lowest BCUT2D eigenvalue weighted by molar-refractivity contribution is -0.148. The van der Waals surface area contributed by atoms with Gasteiger partial charge in [-0.25, -0.2) is 0 Å². The van der Waals surface area contributed by atoms with Crippen LogP contribution in [0.3, 0.4) is 0 Å². The van der Waals surface area contributed by atoms with E-state index in [-0.39, 0.29) is 11.3 Å². The summed E-state index contributed by atoms with van der Waals surface area (Å²) in [4.78, 5) is 4.32. The van der Waals surface area contributed by atoms with E-state index in [1.165, 1.54) is 11.1 Å². The van der Waals surface area contributed by atoms with Crippen LogP contribution in [0.25, 0.3) is 0 Å². The fourth-order valence-corrected chi connectivity index (χ4v) is 5.22. The van der Waals surface area contributed by atoms with E-state index in [0.29, 0.717) is 24.3 Å². The van der Waals surface area contributed by atoms with E-state index in [1.54, 1.807) is 18.3 Å². The van der Waals surface area contributed by atoms with Gasteiger partial charge in [-0.3, -0.25) is 4.98 Å². The average molecular weight is 339 g/mol. The summed E-state index contributed by atoms with van der Waals surface area (Å²) < 4.78 is 0. The minimum absolute atomic E-state index is 0.151. The summed E-state index contributed by atoms with van der Waals surface area (Å²) in [5.74, 6) is 0.578. The van der Waals surface area contributed by atoms with Gasteiger partial charge >= 0.3 is 0 Å². The Balaban J connectivity index is 1.77. The maximum Gasteiger partial charge on any atom is 0.132 e. The number of phenols is 1. The van der Waals surface area contributed by atoms with Gasteiger partial charge in [0.1, 0.15) is 11.4 Å². The van der Waals surface area contributed by atoms with Gasteiger partial charge in [-0.05, 0) is 73.4 Å². The number of hydrogen-bond donors (Lipinski definition) is 3. The molecule has 0 spiro atoms. The van der Waals surface area contributed by atoms with Crippen LogP contribution in [0.2, 0.25) is 0 Å². The third-order valence-corrected chi connectivity index (χ3v) is 6.57. The summed E-state index contributed by atoms with van der Waals surface area (Å²) >= 11 is 0. The summed E-state index contributed by atoms with van der Waals surface area (Å²) in [5.41, 5.74) is 1.52. The normalized spacial score (nSPS) is 34.2. The van der Waals surface area contributed by atoms with E-state index >= 15 is 0 Å². The Morgan fingerprint density at radius 3 is 2.76 bits per heavy atom. The molecule has 4 atom stereocenters. The molecular formula is C21H25NO3. The van der Waals surface area contributed by atoms with Crippen molar-refractivity contribution < 1.29 is 15.3 Å². The molecule has 1 unspecified atom stereocenters. The maximum absolute atomic E-state index is 11.3. The molecule has 132 valence electrons. The number of aliphatic hydroxyl groups is 2. The van der Waals surface area contributed by atoms with Crippen LogP contribution in [0.1, 0.15) is 49.4 Å². The van der Waals surface area contributed by atoms with Gasteiger partial charge < -0.3 is 15.3 Å². The lowest BCUT2D eigenvalue weighted by atomic mass is 9.52. The van der Waals surface area contributed by atoms with E-state index in [0.717, 1.165) is 19.3 Å². The zero-order valence-electron chi connectivity index (χ0n) is 14.5. The summed E-state index contributed by atoms with van der Waals surface area (Å²) in [5, 5.41) is 32.1. The molecular weight excluding hydrogens is 314 g/mol. The highest BCUT2D eigenvalue weighted by Gasteiger charge is 2.56. The van der Waals surface area contributed by atoms with Gasteiger partial charge in [0.15, 0.2) is 0 Å². The topological polar surface area (TPSA) is 73.6 Å². The molecule has 0 amide bonds. The second kappa shape index (κ2) is 5.82. The van der Waals surface area contributed by atoms with Gasteiger partial charge in [0.25, 0.3) is 0 Å². The van der Waals surface area contributed by atoms with Gasteiger partial charge in [0.05, 0.1) is 11.8 Å². The highest BCUT2D eigenvalue weighted by molar-refractivity contribution is 5.43. The number of aromatic hydroxyl groups is 1. The van der Waals surface area contributed by atoms with Crippen molar-refractivity contribution in [2.45, 2.75) is 56.1 Å². The van der Waals surface area contributed by atoms with Crippen molar-refractivity contribution in [1.82, 2.24) is 4.98 Å². The smallest absolute Gasteiger partial charge is 0.132 e. The van der Waals surface area contributed by atoms with Crippen LogP contribution in [0, 0.1) is 5.92 Å². The molecule has 1 aromatic heterocycles. The van der Waals surface area contributed by atoms with Crippen molar-refractivity contribution in [3.05, 3.63) is 59.4 Å². The standard InChI is InChI=1S/C21H25NO3/c1-2-20-13-19(24)21(25,18-5-3-4-10-22-18)12-15(20)7-6-14-11-16(23)8-9-17(14)20/h3-5,8-11,15,19,23-25H,2,6-7,12-13H2,1H3/t15-,19+,20-,21?/m1/s1. The van der Waals surface area contributed by atoms with Crippen molar-refractivity contribution in [2.75, 3.05) is 0 Å². The lowest BCUT2D eigenvalue weighted by Gasteiger charge is -2.54. The van der Waals surface area contributed by atoms with Crippen molar-refractivity contribution in [1.29, 1.82) is 0 Å². The first-order valence-corrected chi connectivity index (χ1v) is 9.14. The molecule has 1 saturated carbocycles. The largest absolute Gasteiger partial charge is 0.508 e. The molecule has 1 fully saturated rings. The van der Waals surface area contributed by atoms with Gasteiger partial charge in [0.2, 0.25) is 0 Å². The van der Waals surface area contributed by atoms with E-state index in [4.69, 9.17) is 0 Å². The van der Waals surface area contributed by atoms with Crippen LogP contribution < -0.4 is 0 Å². The van der Waals surface area contributed by atoms with Crippen LogP contribution >= 0.6 is 0 Å². The molecule has 4 nitrogen and oxygen atoms in total. The number of nitrogens with zero attached hydrogens (tertiary/aromatic N) is 1. The first kappa shape index (κ1) is 16.6. The molecule has 2 aliphatic rings. The molecule has 2 aliphatic carbocycles. The molecule has 0 saturated heterocycles. The first-order valence-electron chi connectivity index (χ1n) is 9.14. The number of phenolic OH excluding ortho intramolecular Hbond substituents is 1. The number of rotatable bonds is 2. The quantitative estimate of drug-likeness (QED) is 0.786.